The summed E-state index contributed by atoms with van der Waals surface area (Å²) in [6.45, 7) is 2.05. The summed E-state index contributed by atoms with van der Waals surface area (Å²) in [7, 11) is 0. The van der Waals surface area contributed by atoms with Crippen LogP contribution in [0.5, 0.6) is 0 Å². The van der Waals surface area contributed by atoms with Crippen molar-refractivity contribution in [3.63, 3.8) is 0 Å². The van der Waals surface area contributed by atoms with Crippen LogP contribution in [0.2, 0.25) is 0 Å². The molecule has 0 heterocycles. The minimum absolute atomic E-state index is 0.347. The molecule has 0 aliphatic rings. The number of carbonyl (C=O) groups excluding carboxylic acids is 2. The van der Waals surface area contributed by atoms with E-state index >= 15 is 0 Å². The van der Waals surface area contributed by atoms with Gasteiger partial charge < -0.3 is 15.3 Å². The lowest BCUT2D eigenvalue weighted by molar-refractivity contribution is -0.114. The Morgan fingerprint density at radius 1 is 1.39 bits per heavy atom. The third-order valence-corrected chi connectivity index (χ3v) is 2.83. The molecule has 0 aliphatic heterocycles. The highest BCUT2D eigenvalue weighted by Gasteiger charge is 2.25. The van der Waals surface area contributed by atoms with Gasteiger partial charge in [-0.2, -0.15) is 0 Å². The number of ether oxygens (including phenoxy) is 1. The van der Waals surface area contributed by atoms with Gasteiger partial charge in [-0.15, -0.1) is 0 Å². The largest absolute Gasteiger partial charge is 0.441 e. The van der Waals surface area contributed by atoms with Crippen molar-refractivity contribution < 1.29 is 14.3 Å². The molecule has 0 fully saturated rings. The number of aldehydes is 1. The van der Waals surface area contributed by atoms with E-state index in [2.05, 4.69) is 0 Å². The summed E-state index contributed by atoms with van der Waals surface area (Å²) in [6.07, 6.45) is 1.99. The Balaban J connectivity index is 2.88. The van der Waals surface area contributed by atoms with Crippen molar-refractivity contribution in [3.8, 4) is 0 Å². The highest BCUT2D eigenvalue weighted by Crippen LogP contribution is 2.28. The molecule has 4 heteroatoms. The first-order chi connectivity index (χ1) is 8.69. The van der Waals surface area contributed by atoms with Crippen LogP contribution >= 0.6 is 0 Å². The Morgan fingerprint density at radius 2 is 2.06 bits per heavy atom. The number of nitrogens with two attached hydrogens (primary N) is 1. The van der Waals surface area contributed by atoms with Crippen LogP contribution in [0.1, 0.15) is 37.9 Å². The molecule has 0 bridgehead atoms. The second-order valence-electron chi connectivity index (χ2n) is 4.21. The predicted molar refractivity (Wildman–Crippen MR) is 68.9 cm³/mol. The summed E-state index contributed by atoms with van der Waals surface area (Å²) < 4.78 is 5.09. The van der Waals surface area contributed by atoms with E-state index in [0.717, 1.165) is 24.7 Å². The van der Waals surface area contributed by atoms with Crippen molar-refractivity contribution in [1.29, 1.82) is 0 Å². The second-order valence-corrected chi connectivity index (χ2v) is 4.21. The Kier molecular flexibility index (Phi) is 5.91. The molecule has 0 saturated heterocycles. The number of amides is 1. The minimum Gasteiger partial charge on any atom is -0.441 e. The van der Waals surface area contributed by atoms with Crippen molar-refractivity contribution in [2.24, 2.45) is 11.7 Å². The lowest BCUT2D eigenvalue weighted by Gasteiger charge is -2.22. The summed E-state index contributed by atoms with van der Waals surface area (Å²) in [4.78, 5) is 22.1. The van der Waals surface area contributed by atoms with Crippen LogP contribution in [-0.4, -0.2) is 12.4 Å². The average Bonchev–Trinajstić information content (AvgIpc) is 2.39. The lowest BCUT2D eigenvalue weighted by atomic mass is 9.92. The Labute approximate surface area is 107 Å². The average molecular weight is 249 g/mol. The monoisotopic (exact) mass is 249 g/mol. The van der Waals surface area contributed by atoms with Crippen LogP contribution in [0.25, 0.3) is 0 Å². The van der Waals surface area contributed by atoms with E-state index in [4.69, 9.17) is 10.5 Å². The van der Waals surface area contributed by atoms with Crippen LogP contribution < -0.4 is 5.73 Å². The van der Waals surface area contributed by atoms with Gasteiger partial charge in [0.2, 0.25) is 0 Å². The quantitative estimate of drug-likeness (QED) is 0.755. The van der Waals surface area contributed by atoms with Gasteiger partial charge in [-0.3, -0.25) is 0 Å². The molecule has 0 spiro atoms. The zero-order chi connectivity index (χ0) is 13.4. The molecule has 1 amide bonds. The molecule has 1 rings (SSSR count). The van der Waals surface area contributed by atoms with Crippen LogP contribution in [0.4, 0.5) is 4.79 Å². The number of carbonyl (C=O) groups is 2. The Hall–Kier alpha value is -1.84. The molecule has 2 N–H and O–H groups in total. The van der Waals surface area contributed by atoms with Gasteiger partial charge in [-0.1, -0.05) is 50.1 Å². The van der Waals surface area contributed by atoms with Crippen molar-refractivity contribution in [1.82, 2.24) is 0 Å². The van der Waals surface area contributed by atoms with E-state index in [0.29, 0.717) is 6.42 Å². The highest BCUT2D eigenvalue weighted by atomic mass is 16.6. The molecule has 1 aromatic carbocycles. The molecule has 98 valence electrons. The standard InChI is InChI=1S/C14H19NO3/c1-2-3-7-12(10-16)13(18-14(15)17)11-8-5-4-6-9-11/h4-6,8-10,12-13H,2-3,7H2,1H3,(H2,15,17)/t12-,13-/m1/s1. The molecule has 0 unspecified atom stereocenters. The van der Waals surface area contributed by atoms with Crippen LogP contribution in [0.15, 0.2) is 30.3 Å². The molecule has 0 saturated carbocycles. The number of benzene rings is 1. The molecular formula is C14H19NO3. The van der Waals surface area contributed by atoms with Crippen molar-refractivity contribution in [2.75, 3.05) is 0 Å². The maximum atomic E-state index is 11.2. The Bertz CT molecular complexity index is 378. The molecule has 0 aromatic heterocycles. The maximum Gasteiger partial charge on any atom is 0.405 e. The number of hydrogen-bond acceptors (Lipinski definition) is 3. The van der Waals surface area contributed by atoms with E-state index in [1.54, 1.807) is 0 Å². The first kappa shape index (κ1) is 14.2. The van der Waals surface area contributed by atoms with Gasteiger partial charge in [0.1, 0.15) is 12.4 Å². The fourth-order valence-corrected chi connectivity index (χ4v) is 1.90. The zero-order valence-electron chi connectivity index (χ0n) is 10.5. The van der Waals surface area contributed by atoms with Gasteiger partial charge in [0.15, 0.2) is 0 Å². The molecular weight excluding hydrogens is 230 g/mol. The van der Waals surface area contributed by atoms with Crippen molar-refractivity contribution in [2.45, 2.75) is 32.3 Å². The fraction of sp³-hybridized carbons (Fsp3) is 0.429. The van der Waals surface area contributed by atoms with Gasteiger partial charge in [-0.05, 0) is 12.0 Å². The van der Waals surface area contributed by atoms with Gasteiger partial charge in [0, 0.05) is 0 Å². The number of hydrogen-bond donors (Lipinski definition) is 1. The summed E-state index contributed by atoms with van der Waals surface area (Å²) in [6, 6.07) is 9.21. The molecule has 18 heavy (non-hydrogen) atoms. The summed E-state index contributed by atoms with van der Waals surface area (Å²) in [5.74, 6) is -0.347. The molecule has 0 aliphatic carbocycles. The maximum absolute atomic E-state index is 11.2. The zero-order valence-corrected chi connectivity index (χ0v) is 10.5. The molecule has 0 radical (unpaired) electrons. The van der Waals surface area contributed by atoms with E-state index in [1.165, 1.54) is 0 Å². The van der Waals surface area contributed by atoms with Crippen LogP contribution in [0, 0.1) is 5.92 Å². The third kappa shape index (κ3) is 4.20. The fourth-order valence-electron chi connectivity index (χ4n) is 1.90. The highest BCUT2D eigenvalue weighted by molar-refractivity contribution is 5.66. The summed E-state index contributed by atoms with van der Waals surface area (Å²) in [5.41, 5.74) is 5.87. The number of rotatable bonds is 7. The van der Waals surface area contributed by atoms with Gasteiger partial charge in [-0.25, -0.2) is 4.79 Å². The van der Waals surface area contributed by atoms with E-state index in [9.17, 15) is 9.59 Å². The molecule has 1 aromatic rings. The third-order valence-electron chi connectivity index (χ3n) is 2.83. The van der Waals surface area contributed by atoms with Crippen LogP contribution in [-0.2, 0) is 9.53 Å². The summed E-state index contributed by atoms with van der Waals surface area (Å²) in [5, 5.41) is 0. The first-order valence-corrected chi connectivity index (χ1v) is 6.15. The lowest BCUT2D eigenvalue weighted by Crippen LogP contribution is -2.24. The molecule has 4 nitrogen and oxygen atoms in total. The first-order valence-electron chi connectivity index (χ1n) is 6.15. The normalized spacial score (nSPS) is 13.6. The number of unbranched alkanes of at least 4 members (excludes halogenated alkanes) is 1. The molecule has 2 atom stereocenters. The smallest absolute Gasteiger partial charge is 0.405 e. The number of primary amides is 1. The van der Waals surface area contributed by atoms with E-state index in [-0.39, 0.29) is 5.92 Å². The minimum atomic E-state index is -0.854. The van der Waals surface area contributed by atoms with Crippen LogP contribution in [0.3, 0.4) is 0 Å². The van der Waals surface area contributed by atoms with Crippen molar-refractivity contribution in [3.05, 3.63) is 35.9 Å². The van der Waals surface area contributed by atoms with E-state index in [1.807, 2.05) is 37.3 Å². The van der Waals surface area contributed by atoms with Gasteiger partial charge >= 0.3 is 6.09 Å². The van der Waals surface area contributed by atoms with Gasteiger partial charge in [0.25, 0.3) is 0 Å². The topological polar surface area (TPSA) is 69.4 Å². The van der Waals surface area contributed by atoms with E-state index < -0.39 is 12.2 Å². The summed E-state index contributed by atoms with van der Waals surface area (Å²) >= 11 is 0. The van der Waals surface area contributed by atoms with Gasteiger partial charge in [0.05, 0.1) is 5.92 Å². The predicted octanol–water partition coefficient (Wildman–Crippen LogP) is 2.83. The van der Waals surface area contributed by atoms with Crippen molar-refractivity contribution >= 4 is 12.4 Å². The SMILES string of the molecule is CCCC[C@H](C=O)[C@H](OC(N)=O)c1ccccc1. The Morgan fingerprint density at radius 3 is 2.56 bits per heavy atom. The second kappa shape index (κ2) is 7.48.